The van der Waals surface area contributed by atoms with Gasteiger partial charge in [0, 0.05) is 23.4 Å². The molecule has 1 aliphatic rings. The molecule has 0 aliphatic heterocycles. The molecule has 1 aromatic carbocycles. The Morgan fingerprint density at radius 2 is 2.17 bits per heavy atom. The summed E-state index contributed by atoms with van der Waals surface area (Å²) in [4.78, 5) is 4.69. The number of rotatable bonds is 3. The van der Waals surface area contributed by atoms with Gasteiger partial charge in [-0.1, -0.05) is 18.5 Å². The van der Waals surface area contributed by atoms with Crippen LogP contribution in [0.5, 0.6) is 0 Å². The van der Waals surface area contributed by atoms with Crippen molar-refractivity contribution < 1.29 is 0 Å². The lowest BCUT2D eigenvalue weighted by atomic mass is 9.81. The quantitative estimate of drug-likeness (QED) is 0.761. The van der Waals surface area contributed by atoms with Crippen LogP contribution < -0.4 is 0 Å². The van der Waals surface area contributed by atoms with Crippen molar-refractivity contribution in [2.75, 3.05) is 5.88 Å². The van der Waals surface area contributed by atoms with Crippen molar-refractivity contribution >= 4 is 34.2 Å². The average molecular weight is 283 g/mol. The van der Waals surface area contributed by atoms with Crippen LogP contribution in [0.3, 0.4) is 0 Å². The monoisotopic (exact) mass is 282 g/mol. The molecule has 1 fully saturated rings. The van der Waals surface area contributed by atoms with Crippen molar-refractivity contribution in [1.82, 2.24) is 9.55 Å². The molecule has 0 bridgehead atoms. The van der Waals surface area contributed by atoms with Crippen molar-refractivity contribution in [3.8, 4) is 0 Å². The third kappa shape index (κ3) is 2.02. The maximum atomic E-state index is 6.03. The van der Waals surface area contributed by atoms with Gasteiger partial charge in [-0.3, -0.25) is 0 Å². The molecular weight excluding hydrogens is 267 g/mol. The van der Waals surface area contributed by atoms with Crippen LogP contribution in [0.2, 0.25) is 5.02 Å². The van der Waals surface area contributed by atoms with Gasteiger partial charge in [-0.25, -0.2) is 4.98 Å². The van der Waals surface area contributed by atoms with Crippen LogP contribution in [0, 0.1) is 5.92 Å². The maximum Gasteiger partial charge on any atom is 0.111 e. The number of nitrogens with zero attached hydrogens (tertiary/aromatic N) is 2. The minimum atomic E-state index is 0.587. The zero-order valence-corrected chi connectivity index (χ0v) is 11.9. The van der Waals surface area contributed by atoms with Crippen molar-refractivity contribution in [3.63, 3.8) is 0 Å². The van der Waals surface area contributed by atoms with Gasteiger partial charge in [0.1, 0.15) is 5.82 Å². The van der Waals surface area contributed by atoms with Crippen LogP contribution in [0.25, 0.3) is 11.0 Å². The number of halogens is 2. The summed E-state index contributed by atoms with van der Waals surface area (Å²) in [7, 11) is 0. The summed E-state index contributed by atoms with van der Waals surface area (Å²) in [6, 6.07) is 6.54. The molecular formula is C14H16Cl2N2. The van der Waals surface area contributed by atoms with Crippen molar-refractivity contribution in [2.45, 2.75) is 32.2 Å². The third-order valence-electron chi connectivity index (χ3n) is 3.76. The fourth-order valence-electron chi connectivity index (χ4n) is 2.86. The Kier molecular flexibility index (Phi) is 3.25. The predicted molar refractivity (Wildman–Crippen MR) is 76.6 cm³/mol. The van der Waals surface area contributed by atoms with Crippen LogP contribution >= 0.6 is 23.2 Å². The molecule has 2 nitrogen and oxygen atoms in total. The number of alkyl halides is 1. The van der Waals surface area contributed by atoms with E-state index in [1.165, 1.54) is 18.4 Å². The van der Waals surface area contributed by atoms with Crippen LogP contribution in [0.4, 0.5) is 0 Å². The van der Waals surface area contributed by atoms with Crippen molar-refractivity contribution in [2.24, 2.45) is 5.92 Å². The summed E-state index contributed by atoms with van der Waals surface area (Å²) >= 11 is 11.9. The third-order valence-corrected chi connectivity index (χ3v) is 4.18. The largest absolute Gasteiger partial charge is 0.325 e. The molecule has 4 heteroatoms. The molecule has 0 atom stereocenters. The second kappa shape index (κ2) is 4.75. The minimum absolute atomic E-state index is 0.587. The molecule has 0 unspecified atom stereocenters. The van der Waals surface area contributed by atoms with E-state index >= 15 is 0 Å². The number of hydrogen-bond acceptors (Lipinski definition) is 1. The summed E-state index contributed by atoms with van der Waals surface area (Å²) in [6.07, 6.45) is 3.30. The Balaban J connectivity index is 2.10. The summed E-state index contributed by atoms with van der Waals surface area (Å²) in [6.45, 7) is 2.30. The standard InChI is InChI=1S/C14H16Cl2N2/c1-9-6-11(7-9)18-13-3-2-10(16)8-12(13)17-14(18)4-5-15/h2-3,8-9,11H,4-7H2,1H3. The first-order valence-electron chi connectivity index (χ1n) is 6.41. The Bertz CT molecular complexity index is 570. The molecule has 0 spiro atoms. The molecule has 96 valence electrons. The normalized spacial score (nSPS) is 23.3. The van der Waals surface area contributed by atoms with Crippen LogP contribution in [-0.2, 0) is 6.42 Å². The van der Waals surface area contributed by atoms with E-state index in [1.807, 2.05) is 12.1 Å². The van der Waals surface area contributed by atoms with Gasteiger partial charge in [-0.05, 0) is 37.0 Å². The second-order valence-electron chi connectivity index (χ2n) is 5.20. The number of benzene rings is 1. The van der Waals surface area contributed by atoms with Gasteiger partial charge in [0.2, 0.25) is 0 Å². The average Bonchev–Trinajstić information content (AvgIpc) is 2.62. The zero-order chi connectivity index (χ0) is 12.7. The summed E-state index contributed by atoms with van der Waals surface area (Å²) in [5, 5.41) is 0.742. The highest BCUT2D eigenvalue weighted by Crippen LogP contribution is 2.40. The SMILES string of the molecule is CC1CC(n2c(CCCl)nc3cc(Cl)ccc32)C1. The number of aromatic nitrogens is 2. The molecule has 1 heterocycles. The summed E-state index contributed by atoms with van der Waals surface area (Å²) in [5.74, 6) is 2.53. The molecule has 1 aliphatic carbocycles. The first-order chi connectivity index (χ1) is 8.69. The van der Waals surface area contributed by atoms with Gasteiger partial charge in [-0.15, -0.1) is 11.6 Å². The van der Waals surface area contributed by atoms with E-state index < -0.39 is 0 Å². The number of aryl methyl sites for hydroxylation is 1. The van der Waals surface area contributed by atoms with E-state index in [2.05, 4.69) is 22.5 Å². The van der Waals surface area contributed by atoms with Gasteiger partial charge in [0.25, 0.3) is 0 Å². The maximum absolute atomic E-state index is 6.03. The fourth-order valence-corrected chi connectivity index (χ4v) is 3.20. The Labute approximate surface area is 117 Å². The van der Waals surface area contributed by atoms with Crippen LogP contribution in [-0.4, -0.2) is 15.4 Å². The van der Waals surface area contributed by atoms with E-state index in [0.29, 0.717) is 11.9 Å². The summed E-state index contributed by atoms with van der Waals surface area (Å²) < 4.78 is 2.37. The van der Waals surface area contributed by atoms with Gasteiger partial charge in [0.05, 0.1) is 11.0 Å². The Morgan fingerprint density at radius 1 is 1.39 bits per heavy atom. The van der Waals surface area contributed by atoms with E-state index in [9.17, 15) is 0 Å². The fraction of sp³-hybridized carbons (Fsp3) is 0.500. The molecule has 0 saturated heterocycles. The second-order valence-corrected chi connectivity index (χ2v) is 6.01. The first-order valence-corrected chi connectivity index (χ1v) is 7.32. The predicted octanol–water partition coefficient (Wildman–Crippen LogP) is 4.44. The topological polar surface area (TPSA) is 17.8 Å². The molecule has 1 saturated carbocycles. The molecule has 0 N–H and O–H groups in total. The van der Waals surface area contributed by atoms with Gasteiger partial charge < -0.3 is 4.57 Å². The molecule has 1 aromatic heterocycles. The number of imidazole rings is 1. The highest BCUT2D eigenvalue weighted by Gasteiger charge is 2.29. The molecule has 18 heavy (non-hydrogen) atoms. The van der Waals surface area contributed by atoms with E-state index in [-0.39, 0.29) is 0 Å². The van der Waals surface area contributed by atoms with Crippen LogP contribution in [0.15, 0.2) is 18.2 Å². The van der Waals surface area contributed by atoms with Crippen LogP contribution in [0.1, 0.15) is 31.6 Å². The van der Waals surface area contributed by atoms with Gasteiger partial charge in [0.15, 0.2) is 0 Å². The zero-order valence-electron chi connectivity index (χ0n) is 10.4. The summed E-state index contributed by atoms with van der Waals surface area (Å²) in [5.41, 5.74) is 2.18. The Morgan fingerprint density at radius 3 is 2.83 bits per heavy atom. The van der Waals surface area contributed by atoms with E-state index in [4.69, 9.17) is 23.2 Å². The highest BCUT2D eigenvalue weighted by molar-refractivity contribution is 6.31. The van der Waals surface area contributed by atoms with Crippen molar-refractivity contribution in [1.29, 1.82) is 0 Å². The minimum Gasteiger partial charge on any atom is -0.325 e. The lowest BCUT2D eigenvalue weighted by Crippen LogP contribution is -2.26. The number of hydrogen-bond donors (Lipinski definition) is 0. The number of fused-ring (bicyclic) bond motifs is 1. The molecule has 3 rings (SSSR count). The Hall–Kier alpha value is -0.730. The molecule has 2 aromatic rings. The molecule has 0 amide bonds. The lowest BCUT2D eigenvalue weighted by Gasteiger charge is -2.35. The van der Waals surface area contributed by atoms with Gasteiger partial charge >= 0.3 is 0 Å². The van der Waals surface area contributed by atoms with Gasteiger partial charge in [-0.2, -0.15) is 0 Å². The highest BCUT2D eigenvalue weighted by atomic mass is 35.5. The van der Waals surface area contributed by atoms with Crippen molar-refractivity contribution in [3.05, 3.63) is 29.0 Å². The lowest BCUT2D eigenvalue weighted by molar-refractivity contribution is 0.217. The van der Waals surface area contributed by atoms with E-state index in [0.717, 1.165) is 28.7 Å². The first kappa shape index (κ1) is 12.3. The van der Waals surface area contributed by atoms with E-state index in [1.54, 1.807) is 0 Å². The smallest absolute Gasteiger partial charge is 0.111 e. The molecule has 0 radical (unpaired) electrons.